The van der Waals surface area contributed by atoms with Crippen molar-refractivity contribution in [2.45, 2.75) is 13.0 Å². The predicted octanol–water partition coefficient (Wildman–Crippen LogP) is 2.39. The highest BCUT2D eigenvalue weighted by Crippen LogP contribution is 2.17. The molecule has 76 valence electrons. The van der Waals surface area contributed by atoms with Gasteiger partial charge in [-0.1, -0.05) is 23.7 Å². The SMILES string of the molecule is CCOC(=N)[C@H](O)c1ccc(Cl)cc1. The molecule has 0 aromatic heterocycles. The van der Waals surface area contributed by atoms with Gasteiger partial charge in [-0.3, -0.25) is 5.41 Å². The number of hydrogen-bond acceptors (Lipinski definition) is 3. The average molecular weight is 214 g/mol. The Morgan fingerprint density at radius 3 is 2.57 bits per heavy atom. The van der Waals surface area contributed by atoms with Crippen LogP contribution in [0.5, 0.6) is 0 Å². The quantitative estimate of drug-likeness (QED) is 0.598. The summed E-state index contributed by atoms with van der Waals surface area (Å²) in [6, 6.07) is 6.67. The third kappa shape index (κ3) is 2.72. The number of nitrogens with one attached hydrogen (secondary N) is 1. The zero-order valence-corrected chi connectivity index (χ0v) is 8.58. The van der Waals surface area contributed by atoms with Crippen LogP contribution in [0.1, 0.15) is 18.6 Å². The molecule has 0 radical (unpaired) electrons. The lowest BCUT2D eigenvalue weighted by atomic mass is 10.1. The molecule has 4 heteroatoms. The van der Waals surface area contributed by atoms with Crippen LogP contribution in [0.15, 0.2) is 24.3 Å². The second-order valence-corrected chi connectivity index (χ2v) is 3.19. The number of halogens is 1. The van der Waals surface area contributed by atoms with E-state index in [1.54, 1.807) is 31.2 Å². The fraction of sp³-hybridized carbons (Fsp3) is 0.300. The van der Waals surface area contributed by atoms with Gasteiger partial charge in [-0.15, -0.1) is 0 Å². The lowest BCUT2D eigenvalue weighted by molar-refractivity contribution is 0.190. The maximum atomic E-state index is 9.62. The Morgan fingerprint density at radius 2 is 2.07 bits per heavy atom. The Morgan fingerprint density at radius 1 is 1.50 bits per heavy atom. The predicted molar refractivity (Wildman–Crippen MR) is 55.8 cm³/mol. The fourth-order valence-electron chi connectivity index (χ4n) is 1.03. The molecule has 0 unspecified atom stereocenters. The van der Waals surface area contributed by atoms with Gasteiger partial charge in [0.05, 0.1) is 6.61 Å². The summed E-state index contributed by atoms with van der Waals surface area (Å²) in [4.78, 5) is 0. The summed E-state index contributed by atoms with van der Waals surface area (Å²) in [7, 11) is 0. The molecular weight excluding hydrogens is 202 g/mol. The molecule has 1 aromatic carbocycles. The molecule has 0 heterocycles. The summed E-state index contributed by atoms with van der Waals surface area (Å²) in [6.07, 6.45) is -1.01. The van der Waals surface area contributed by atoms with Gasteiger partial charge in [-0.2, -0.15) is 0 Å². The van der Waals surface area contributed by atoms with Crippen molar-refractivity contribution >= 4 is 17.5 Å². The first-order valence-corrected chi connectivity index (χ1v) is 4.67. The molecule has 0 aliphatic rings. The van der Waals surface area contributed by atoms with Crippen molar-refractivity contribution in [2.75, 3.05) is 6.61 Å². The largest absolute Gasteiger partial charge is 0.479 e. The van der Waals surface area contributed by atoms with Crippen molar-refractivity contribution in [3.05, 3.63) is 34.9 Å². The van der Waals surface area contributed by atoms with Gasteiger partial charge in [-0.25, -0.2) is 0 Å². The summed E-state index contributed by atoms with van der Waals surface area (Å²) < 4.78 is 4.89. The zero-order chi connectivity index (χ0) is 10.6. The smallest absolute Gasteiger partial charge is 0.214 e. The minimum Gasteiger partial charge on any atom is -0.479 e. The van der Waals surface area contributed by atoms with Gasteiger partial charge in [-0.05, 0) is 24.6 Å². The number of aliphatic hydroxyl groups is 1. The van der Waals surface area contributed by atoms with E-state index < -0.39 is 6.10 Å². The number of hydrogen-bond donors (Lipinski definition) is 2. The molecule has 0 bridgehead atoms. The third-order valence-corrected chi connectivity index (χ3v) is 1.99. The van der Waals surface area contributed by atoms with Crippen LogP contribution in [0.3, 0.4) is 0 Å². The molecule has 0 saturated carbocycles. The number of rotatable bonds is 3. The van der Waals surface area contributed by atoms with E-state index in [2.05, 4.69) is 0 Å². The van der Waals surface area contributed by atoms with E-state index in [-0.39, 0.29) is 5.90 Å². The van der Waals surface area contributed by atoms with E-state index >= 15 is 0 Å². The Kier molecular flexibility index (Phi) is 3.92. The van der Waals surface area contributed by atoms with Crippen LogP contribution in [-0.2, 0) is 4.74 Å². The van der Waals surface area contributed by atoms with Crippen LogP contribution in [0.25, 0.3) is 0 Å². The standard InChI is InChI=1S/C10H12ClNO2/c1-2-14-10(12)9(13)7-3-5-8(11)6-4-7/h3-6,9,12-13H,2H2,1H3/t9-/m1/s1. The molecule has 1 aromatic rings. The summed E-state index contributed by atoms with van der Waals surface area (Å²) in [5.74, 6) is -0.144. The van der Waals surface area contributed by atoms with Gasteiger partial charge >= 0.3 is 0 Å². The molecule has 0 aliphatic heterocycles. The van der Waals surface area contributed by atoms with E-state index in [0.29, 0.717) is 17.2 Å². The minimum atomic E-state index is -1.01. The first-order valence-electron chi connectivity index (χ1n) is 4.30. The Labute approximate surface area is 87.8 Å². The van der Waals surface area contributed by atoms with Crippen molar-refractivity contribution in [1.82, 2.24) is 0 Å². The summed E-state index contributed by atoms with van der Waals surface area (Å²) >= 11 is 5.69. The number of benzene rings is 1. The molecular formula is C10H12ClNO2. The Bertz CT molecular complexity index is 310. The second kappa shape index (κ2) is 4.98. The van der Waals surface area contributed by atoms with Gasteiger partial charge < -0.3 is 9.84 Å². The fourth-order valence-corrected chi connectivity index (χ4v) is 1.16. The summed E-state index contributed by atoms with van der Waals surface area (Å²) in [6.45, 7) is 2.15. The highest BCUT2D eigenvalue weighted by Gasteiger charge is 2.13. The van der Waals surface area contributed by atoms with Crippen LogP contribution in [0, 0.1) is 5.41 Å². The molecule has 0 fully saturated rings. The third-order valence-electron chi connectivity index (χ3n) is 1.73. The molecule has 1 rings (SSSR count). The maximum absolute atomic E-state index is 9.62. The molecule has 0 saturated heterocycles. The second-order valence-electron chi connectivity index (χ2n) is 2.75. The molecule has 0 aliphatic carbocycles. The average Bonchev–Trinajstić information content (AvgIpc) is 2.18. The van der Waals surface area contributed by atoms with E-state index in [4.69, 9.17) is 21.7 Å². The Balaban J connectivity index is 2.73. The van der Waals surface area contributed by atoms with Gasteiger partial charge in [0.15, 0.2) is 6.10 Å². The molecule has 14 heavy (non-hydrogen) atoms. The van der Waals surface area contributed by atoms with Gasteiger partial charge in [0.25, 0.3) is 0 Å². The van der Waals surface area contributed by atoms with Crippen molar-refractivity contribution in [3.8, 4) is 0 Å². The molecule has 1 atom stereocenters. The van der Waals surface area contributed by atoms with Crippen molar-refractivity contribution in [1.29, 1.82) is 5.41 Å². The van der Waals surface area contributed by atoms with Crippen LogP contribution in [-0.4, -0.2) is 17.6 Å². The van der Waals surface area contributed by atoms with Gasteiger partial charge in [0, 0.05) is 5.02 Å². The van der Waals surface area contributed by atoms with E-state index in [0.717, 1.165) is 0 Å². The first-order chi connectivity index (χ1) is 6.65. The summed E-state index contributed by atoms with van der Waals surface area (Å²) in [5.41, 5.74) is 0.604. The topological polar surface area (TPSA) is 53.3 Å². The number of ether oxygens (including phenoxy) is 1. The normalized spacial score (nSPS) is 12.2. The lowest BCUT2D eigenvalue weighted by Gasteiger charge is -2.12. The van der Waals surface area contributed by atoms with Crippen molar-refractivity contribution < 1.29 is 9.84 Å². The number of aliphatic hydroxyl groups excluding tert-OH is 1. The van der Waals surface area contributed by atoms with E-state index in [9.17, 15) is 5.11 Å². The highest BCUT2D eigenvalue weighted by molar-refractivity contribution is 6.30. The molecule has 0 amide bonds. The van der Waals surface area contributed by atoms with Crippen LogP contribution in [0.2, 0.25) is 5.02 Å². The van der Waals surface area contributed by atoms with Gasteiger partial charge in [0.1, 0.15) is 0 Å². The van der Waals surface area contributed by atoms with Crippen molar-refractivity contribution in [3.63, 3.8) is 0 Å². The molecule has 3 nitrogen and oxygen atoms in total. The first kappa shape index (κ1) is 11.0. The van der Waals surface area contributed by atoms with Gasteiger partial charge in [0.2, 0.25) is 5.90 Å². The monoisotopic (exact) mass is 213 g/mol. The lowest BCUT2D eigenvalue weighted by Crippen LogP contribution is -2.14. The van der Waals surface area contributed by atoms with E-state index in [1.165, 1.54) is 0 Å². The highest BCUT2D eigenvalue weighted by atomic mass is 35.5. The van der Waals surface area contributed by atoms with Crippen LogP contribution >= 0.6 is 11.6 Å². The van der Waals surface area contributed by atoms with Crippen molar-refractivity contribution in [2.24, 2.45) is 0 Å². The zero-order valence-electron chi connectivity index (χ0n) is 7.83. The molecule has 0 spiro atoms. The van der Waals surface area contributed by atoms with Crippen LogP contribution in [0.4, 0.5) is 0 Å². The molecule has 2 N–H and O–H groups in total. The van der Waals surface area contributed by atoms with E-state index in [1.807, 2.05) is 0 Å². The summed E-state index contributed by atoms with van der Waals surface area (Å²) in [5, 5.41) is 17.6. The maximum Gasteiger partial charge on any atom is 0.214 e. The minimum absolute atomic E-state index is 0.144. The Hall–Kier alpha value is -1.06. The van der Waals surface area contributed by atoms with Crippen LogP contribution < -0.4 is 0 Å².